The largest absolute Gasteiger partial charge is 0.383 e. The Kier molecular flexibility index (Phi) is 5.37. The van der Waals surface area contributed by atoms with Crippen molar-refractivity contribution in [3.05, 3.63) is 76.4 Å². The van der Waals surface area contributed by atoms with Gasteiger partial charge in [-0.25, -0.2) is 14.4 Å². The van der Waals surface area contributed by atoms with E-state index in [0.29, 0.717) is 35.5 Å². The van der Waals surface area contributed by atoms with Gasteiger partial charge in [0.15, 0.2) is 0 Å². The maximum Gasteiger partial charge on any atom is 0.231 e. The smallest absolute Gasteiger partial charge is 0.231 e. The lowest BCUT2D eigenvalue weighted by atomic mass is 10.00. The van der Waals surface area contributed by atoms with Crippen LogP contribution in [0.15, 0.2) is 42.7 Å². The molecule has 0 aliphatic carbocycles. The van der Waals surface area contributed by atoms with E-state index in [1.807, 2.05) is 19.1 Å². The Balaban J connectivity index is 1.59. The summed E-state index contributed by atoms with van der Waals surface area (Å²) in [5, 5.41) is 11.6. The van der Waals surface area contributed by atoms with Crippen molar-refractivity contribution < 1.29 is 9.18 Å². The fourth-order valence-electron chi connectivity index (χ4n) is 3.89. The number of amides is 1. The van der Waals surface area contributed by atoms with Gasteiger partial charge < -0.3 is 16.0 Å². The van der Waals surface area contributed by atoms with Crippen LogP contribution in [-0.4, -0.2) is 35.2 Å². The molecule has 158 valence electrons. The molecular formula is C23H23FN6O. The number of aromatic nitrogens is 2. The molecule has 1 aliphatic heterocycles. The summed E-state index contributed by atoms with van der Waals surface area (Å²) in [7, 11) is 1.71. The Morgan fingerprint density at radius 3 is 2.84 bits per heavy atom. The molecule has 7 nitrogen and oxygen atoms in total. The molecule has 3 aromatic rings. The Hall–Kier alpha value is -3.81. The number of carbonyl (C=O) groups excluding carboxylic acids is 1. The highest BCUT2D eigenvalue weighted by molar-refractivity contribution is 6.16. The van der Waals surface area contributed by atoms with Gasteiger partial charge in [-0.2, -0.15) is 0 Å². The Bertz CT molecular complexity index is 1190. The molecule has 0 bridgehead atoms. The van der Waals surface area contributed by atoms with Crippen LogP contribution in [0, 0.1) is 18.2 Å². The summed E-state index contributed by atoms with van der Waals surface area (Å²) in [6.45, 7) is 2.40. The second-order valence-corrected chi connectivity index (χ2v) is 7.52. The number of hydrogen-bond acceptors (Lipinski definition) is 6. The number of fused-ring (bicyclic) bond motifs is 1. The molecule has 0 fully saturated rings. The van der Waals surface area contributed by atoms with Crippen molar-refractivity contribution >= 4 is 28.9 Å². The summed E-state index contributed by atoms with van der Waals surface area (Å²) in [6, 6.07) is 10.3. The fraction of sp³-hybridized carbons (Fsp3) is 0.217. The minimum Gasteiger partial charge on any atom is -0.383 e. The van der Waals surface area contributed by atoms with Crippen molar-refractivity contribution in [2.75, 3.05) is 29.5 Å². The minimum atomic E-state index is -0.370. The highest BCUT2D eigenvalue weighted by Gasteiger charge is 2.26. The number of carbonyl (C=O) groups is 1. The summed E-state index contributed by atoms with van der Waals surface area (Å²) >= 11 is 0. The van der Waals surface area contributed by atoms with E-state index in [9.17, 15) is 9.18 Å². The third-order valence-corrected chi connectivity index (χ3v) is 5.47. The van der Waals surface area contributed by atoms with E-state index in [0.717, 1.165) is 16.8 Å². The van der Waals surface area contributed by atoms with Crippen LogP contribution in [-0.2, 0) is 17.6 Å². The molecule has 0 spiro atoms. The molecule has 0 saturated carbocycles. The zero-order valence-electron chi connectivity index (χ0n) is 17.4. The maximum atomic E-state index is 14.1. The topological polar surface area (TPSA) is 108 Å². The van der Waals surface area contributed by atoms with Crippen LogP contribution in [0.4, 0.5) is 21.7 Å². The number of nitrogens with one attached hydrogen (secondary N) is 2. The van der Waals surface area contributed by atoms with Crippen LogP contribution in [0.25, 0.3) is 0 Å². The third-order valence-electron chi connectivity index (χ3n) is 5.47. The molecule has 1 aromatic heterocycles. The van der Waals surface area contributed by atoms with Crippen molar-refractivity contribution in [1.29, 1.82) is 5.41 Å². The molecule has 2 aromatic carbocycles. The van der Waals surface area contributed by atoms with Gasteiger partial charge in [-0.05, 0) is 42.7 Å². The number of anilines is 3. The first-order valence-electron chi connectivity index (χ1n) is 9.95. The van der Waals surface area contributed by atoms with E-state index in [-0.39, 0.29) is 29.7 Å². The summed E-state index contributed by atoms with van der Waals surface area (Å²) in [6.07, 6.45) is 2.02. The molecule has 0 atom stereocenters. The van der Waals surface area contributed by atoms with Gasteiger partial charge in [0.1, 0.15) is 23.8 Å². The first kappa shape index (κ1) is 20.5. The molecule has 0 saturated heterocycles. The van der Waals surface area contributed by atoms with Crippen molar-refractivity contribution in [1.82, 2.24) is 9.97 Å². The molecule has 1 amide bonds. The molecule has 1 aliphatic rings. The van der Waals surface area contributed by atoms with Gasteiger partial charge in [0.05, 0.1) is 17.7 Å². The normalized spacial score (nSPS) is 12.5. The zero-order chi connectivity index (χ0) is 22.1. The summed E-state index contributed by atoms with van der Waals surface area (Å²) in [5.41, 5.74) is 10.4. The van der Waals surface area contributed by atoms with Crippen LogP contribution in [0.2, 0.25) is 0 Å². The summed E-state index contributed by atoms with van der Waals surface area (Å²) in [4.78, 5) is 22.7. The van der Waals surface area contributed by atoms with Crippen LogP contribution in [0.1, 0.15) is 27.8 Å². The third kappa shape index (κ3) is 3.84. The second kappa shape index (κ2) is 8.14. The Labute approximate surface area is 179 Å². The molecule has 0 radical (unpaired) electrons. The zero-order valence-corrected chi connectivity index (χ0v) is 17.4. The van der Waals surface area contributed by atoms with Crippen LogP contribution in [0.5, 0.6) is 0 Å². The molecule has 2 heterocycles. The van der Waals surface area contributed by atoms with Gasteiger partial charge >= 0.3 is 0 Å². The number of rotatable bonds is 5. The van der Waals surface area contributed by atoms with Crippen molar-refractivity contribution in [2.24, 2.45) is 0 Å². The van der Waals surface area contributed by atoms with Gasteiger partial charge in [-0.15, -0.1) is 0 Å². The number of nitrogens with two attached hydrogens (primary N) is 1. The average Bonchev–Trinajstić information content (AvgIpc) is 3.19. The molecule has 0 unspecified atom stereocenters. The number of benzene rings is 2. The average molecular weight is 418 g/mol. The monoisotopic (exact) mass is 418 g/mol. The van der Waals surface area contributed by atoms with Gasteiger partial charge in [0.2, 0.25) is 5.91 Å². The van der Waals surface area contributed by atoms with E-state index in [1.54, 1.807) is 30.1 Å². The quantitative estimate of drug-likeness (QED) is 0.552. The summed E-state index contributed by atoms with van der Waals surface area (Å²) < 4.78 is 14.1. The molecular weight excluding hydrogens is 395 g/mol. The minimum absolute atomic E-state index is 0.00788. The van der Waals surface area contributed by atoms with E-state index in [4.69, 9.17) is 11.1 Å². The number of hydrogen-bond donors (Lipinski definition) is 3. The predicted octanol–water partition coefficient (Wildman–Crippen LogP) is 3.10. The first-order valence-corrected chi connectivity index (χ1v) is 9.95. The number of nitrogen functional groups attached to an aromatic ring is 1. The van der Waals surface area contributed by atoms with E-state index in [1.165, 1.54) is 12.4 Å². The lowest BCUT2D eigenvalue weighted by molar-refractivity contribution is -0.117. The Morgan fingerprint density at radius 2 is 2.06 bits per heavy atom. The highest BCUT2D eigenvalue weighted by atomic mass is 19.1. The van der Waals surface area contributed by atoms with Gasteiger partial charge in [0.25, 0.3) is 0 Å². The highest BCUT2D eigenvalue weighted by Crippen LogP contribution is 2.31. The SMILES string of the molecule is CNc1ncnc(N)c1C(=N)c1ccc2c(c1)CCN2C(=O)Cc1cc(C)ccc1F. The Morgan fingerprint density at radius 1 is 1.26 bits per heavy atom. The van der Waals surface area contributed by atoms with Gasteiger partial charge in [0, 0.05) is 24.8 Å². The maximum absolute atomic E-state index is 14.1. The molecule has 4 N–H and O–H groups in total. The van der Waals surface area contributed by atoms with Crippen LogP contribution >= 0.6 is 0 Å². The summed E-state index contributed by atoms with van der Waals surface area (Å²) in [5.74, 6) is 0.186. The van der Waals surface area contributed by atoms with Gasteiger partial charge in [-0.3, -0.25) is 10.2 Å². The lowest BCUT2D eigenvalue weighted by Gasteiger charge is -2.18. The van der Waals surface area contributed by atoms with Crippen molar-refractivity contribution in [3.8, 4) is 0 Å². The first-order chi connectivity index (χ1) is 14.9. The standard InChI is InChI=1S/C23H23FN6O/c1-13-3-5-17(24)16(9-13)11-19(31)30-8-7-14-10-15(4-6-18(14)30)21(25)20-22(26)28-12-29-23(20)27-2/h3-6,9-10,12,25H,7-8,11H2,1-2H3,(H3,26,27,28,29). The second-order valence-electron chi connectivity index (χ2n) is 7.52. The van der Waals surface area contributed by atoms with Gasteiger partial charge in [-0.1, -0.05) is 23.8 Å². The predicted molar refractivity (Wildman–Crippen MR) is 119 cm³/mol. The molecule has 8 heteroatoms. The lowest BCUT2D eigenvalue weighted by Crippen LogP contribution is -2.30. The van der Waals surface area contributed by atoms with Crippen molar-refractivity contribution in [3.63, 3.8) is 0 Å². The number of nitrogens with zero attached hydrogens (tertiary/aromatic N) is 3. The molecule has 31 heavy (non-hydrogen) atoms. The van der Waals surface area contributed by atoms with E-state index >= 15 is 0 Å². The molecule has 4 rings (SSSR count). The number of halogens is 1. The van der Waals surface area contributed by atoms with Crippen LogP contribution < -0.4 is 16.0 Å². The van der Waals surface area contributed by atoms with E-state index in [2.05, 4.69) is 15.3 Å². The van der Waals surface area contributed by atoms with E-state index < -0.39 is 0 Å². The van der Waals surface area contributed by atoms with Crippen molar-refractivity contribution in [2.45, 2.75) is 19.8 Å². The number of aryl methyl sites for hydroxylation is 1. The van der Waals surface area contributed by atoms with Crippen LogP contribution in [0.3, 0.4) is 0 Å². The fourth-order valence-corrected chi connectivity index (χ4v) is 3.89.